The van der Waals surface area contributed by atoms with Crippen molar-refractivity contribution in [2.45, 2.75) is 46.5 Å². The van der Waals surface area contributed by atoms with Gasteiger partial charge in [-0.15, -0.1) is 0 Å². The standard InChI is InChI=1S/C19H24N2O/c1-4-14-11-15(5-2)19(16(6-3)12-14)21-18(22)13-17-9-7-8-10-20-17/h7-12H,4-6,13H2,1-3H3,(H,21,22). The first-order chi connectivity index (χ1) is 10.7. The predicted molar refractivity (Wildman–Crippen MR) is 91.1 cm³/mol. The molecule has 0 saturated carbocycles. The summed E-state index contributed by atoms with van der Waals surface area (Å²) in [7, 11) is 0. The van der Waals surface area contributed by atoms with Gasteiger partial charge in [0.2, 0.25) is 5.91 Å². The number of rotatable bonds is 6. The first kappa shape index (κ1) is 16.2. The van der Waals surface area contributed by atoms with E-state index in [9.17, 15) is 4.79 Å². The van der Waals surface area contributed by atoms with Gasteiger partial charge in [-0.3, -0.25) is 9.78 Å². The molecule has 1 aromatic heterocycles. The minimum absolute atomic E-state index is 0.00708. The minimum Gasteiger partial charge on any atom is -0.325 e. The number of amides is 1. The van der Waals surface area contributed by atoms with Crippen LogP contribution in [-0.2, 0) is 30.5 Å². The Morgan fingerprint density at radius 3 is 2.23 bits per heavy atom. The SMILES string of the molecule is CCc1cc(CC)c(NC(=O)Cc2ccccn2)c(CC)c1. The van der Waals surface area contributed by atoms with Crippen molar-refractivity contribution < 1.29 is 4.79 Å². The molecule has 3 nitrogen and oxygen atoms in total. The quantitative estimate of drug-likeness (QED) is 0.877. The number of benzene rings is 1. The summed E-state index contributed by atoms with van der Waals surface area (Å²) in [6, 6.07) is 10.0. The van der Waals surface area contributed by atoms with Crippen molar-refractivity contribution in [3.05, 3.63) is 58.9 Å². The maximum absolute atomic E-state index is 12.3. The van der Waals surface area contributed by atoms with Gasteiger partial charge in [-0.1, -0.05) is 39.0 Å². The van der Waals surface area contributed by atoms with Gasteiger partial charge in [-0.2, -0.15) is 0 Å². The Morgan fingerprint density at radius 1 is 1.05 bits per heavy atom. The summed E-state index contributed by atoms with van der Waals surface area (Å²) >= 11 is 0. The lowest BCUT2D eigenvalue weighted by atomic mass is 9.97. The summed E-state index contributed by atoms with van der Waals surface area (Å²) in [6.45, 7) is 6.42. The van der Waals surface area contributed by atoms with Crippen molar-refractivity contribution >= 4 is 11.6 Å². The normalized spacial score (nSPS) is 10.5. The molecule has 0 fully saturated rings. The number of nitrogens with one attached hydrogen (secondary N) is 1. The van der Waals surface area contributed by atoms with Crippen LogP contribution >= 0.6 is 0 Å². The highest BCUT2D eigenvalue weighted by atomic mass is 16.1. The molecule has 3 heteroatoms. The van der Waals surface area contributed by atoms with Crippen LogP contribution < -0.4 is 5.32 Å². The van der Waals surface area contributed by atoms with Crippen LogP contribution in [-0.4, -0.2) is 10.9 Å². The number of carbonyl (C=O) groups excluding carboxylic acids is 1. The number of aryl methyl sites for hydroxylation is 3. The zero-order chi connectivity index (χ0) is 15.9. The van der Waals surface area contributed by atoms with Crippen LogP contribution in [0.25, 0.3) is 0 Å². The number of pyridine rings is 1. The highest BCUT2D eigenvalue weighted by Crippen LogP contribution is 2.25. The predicted octanol–water partition coefficient (Wildman–Crippen LogP) is 3.95. The van der Waals surface area contributed by atoms with E-state index in [0.29, 0.717) is 6.42 Å². The Hall–Kier alpha value is -2.16. The molecule has 1 aromatic carbocycles. The molecule has 0 aliphatic rings. The average Bonchev–Trinajstić information content (AvgIpc) is 2.55. The number of aromatic nitrogens is 1. The van der Waals surface area contributed by atoms with E-state index in [1.807, 2.05) is 18.2 Å². The minimum atomic E-state index is -0.00708. The topological polar surface area (TPSA) is 42.0 Å². The van der Waals surface area contributed by atoms with Crippen molar-refractivity contribution in [1.29, 1.82) is 0 Å². The van der Waals surface area contributed by atoms with Gasteiger partial charge in [0.15, 0.2) is 0 Å². The maximum atomic E-state index is 12.3. The van der Waals surface area contributed by atoms with Crippen molar-refractivity contribution in [3.8, 4) is 0 Å². The maximum Gasteiger partial charge on any atom is 0.230 e. The van der Waals surface area contributed by atoms with E-state index in [4.69, 9.17) is 0 Å². The average molecular weight is 296 g/mol. The van der Waals surface area contributed by atoms with Gasteiger partial charge in [0.25, 0.3) is 0 Å². The number of carbonyl (C=O) groups is 1. The fourth-order valence-corrected chi connectivity index (χ4v) is 2.61. The Labute approximate surface area is 132 Å². The first-order valence-electron chi connectivity index (χ1n) is 8.02. The van der Waals surface area contributed by atoms with Crippen LogP contribution in [0.1, 0.15) is 43.2 Å². The van der Waals surface area contributed by atoms with E-state index >= 15 is 0 Å². The molecule has 1 heterocycles. The Morgan fingerprint density at radius 2 is 1.73 bits per heavy atom. The Kier molecular flexibility index (Phi) is 5.70. The van der Waals surface area contributed by atoms with E-state index < -0.39 is 0 Å². The second-order valence-electron chi connectivity index (χ2n) is 5.40. The lowest BCUT2D eigenvalue weighted by Gasteiger charge is -2.16. The molecule has 1 N–H and O–H groups in total. The third kappa shape index (κ3) is 3.94. The molecule has 0 aliphatic heterocycles. The van der Waals surface area contributed by atoms with Gasteiger partial charge in [-0.25, -0.2) is 0 Å². The molecule has 1 amide bonds. The highest BCUT2D eigenvalue weighted by Gasteiger charge is 2.12. The summed E-state index contributed by atoms with van der Waals surface area (Å²) in [5, 5.41) is 3.10. The van der Waals surface area contributed by atoms with Gasteiger partial charge in [0.1, 0.15) is 0 Å². The van der Waals surface area contributed by atoms with Gasteiger partial charge in [0, 0.05) is 17.6 Å². The van der Waals surface area contributed by atoms with Crippen LogP contribution in [0.15, 0.2) is 36.5 Å². The van der Waals surface area contributed by atoms with Gasteiger partial charge >= 0.3 is 0 Å². The fraction of sp³-hybridized carbons (Fsp3) is 0.368. The fourth-order valence-electron chi connectivity index (χ4n) is 2.61. The van der Waals surface area contributed by atoms with E-state index in [1.165, 1.54) is 16.7 Å². The molecule has 0 aliphatic carbocycles. The molecule has 0 spiro atoms. The van der Waals surface area contributed by atoms with Crippen molar-refractivity contribution in [2.24, 2.45) is 0 Å². The molecule has 116 valence electrons. The molecular weight excluding hydrogens is 272 g/mol. The van der Waals surface area contributed by atoms with Crippen LogP contribution in [0.5, 0.6) is 0 Å². The smallest absolute Gasteiger partial charge is 0.230 e. The lowest BCUT2D eigenvalue weighted by Crippen LogP contribution is -2.17. The second kappa shape index (κ2) is 7.74. The summed E-state index contributed by atoms with van der Waals surface area (Å²) in [5.74, 6) is -0.00708. The van der Waals surface area contributed by atoms with Gasteiger partial charge < -0.3 is 5.32 Å². The van der Waals surface area contributed by atoms with Crippen LogP contribution in [0, 0.1) is 0 Å². The summed E-state index contributed by atoms with van der Waals surface area (Å²) in [4.78, 5) is 16.5. The second-order valence-corrected chi connectivity index (χ2v) is 5.40. The monoisotopic (exact) mass is 296 g/mol. The Balaban J connectivity index is 2.22. The van der Waals surface area contributed by atoms with Gasteiger partial charge in [0.05, 0.1) is 6.42 Å². The van der Waals surface area contributed by atoms with E-state index in [2.05, 4.69) is 43.2 Å². The third-order valence-corrected chi connectivity index (χ3v) is 3.86. The molecule has 0 radical (unpaired) electrons. The largest absolute Gasteiger partial charge is 0.325 e. The molecule has 0 unspecified atom stereocenters. The number of hydrogen-bond acceptors (Lipinski definition) is 2. The number of anilines is 1. The van der Waals surface area contributed by atoms with Crippen molar-refractivity contribution in [2.75, 3.05) is 5.32 Å². The zero-order valence-electron chi connectivity index (χ0n) is 13.6. The third-order valence-electron chi connectivity index (χ3n) is 3.86. The molecule has 22 heavy (non-hydrogen) atoms. The first-order valence-corrected chi connectivity index (χ1v) is 8.02. The summed E-state index contributed by atoms with van der Waals surface area (Å²) in [6.07, 6.45) is 4.87. The van der Waals surface area contributed by atoms with E-state index in [0.717, 1.165) is 30.6 Å². The molecule has 0 bridgehead atoms. The zero-order valence-corrected chi connectivity index (χ0v) is 13.6. The molecule has 0 atom stereocenters. The van der Waals surface area contributed by atoms with Crippen molar-refractivity contribution in [3.63, 3.8) is 0 Å². The van der Waals surface area contributed by atoms with Crippen LogP contribution in [0.2, 0.25) is 0 Å². The highest BCUT2D eigenvalue weighted by molar-refractivity contribution is 5.93. The van der Waals surface area contributed by atoms with Crippen molar-refractivity contribution in [1.82, 2.24) is 4.98 Å². The van der Waals surface area contributed by atoms with Gasteiger partial charge in [-0.05, 0) is 48.1 Å². The van der Waals surface area contributed by atoms with E-state index in [-0.39, 0.29) is 5.91 Å². The molecule has 0 saturated heterocycles. The number of nitrogens with zero attached hydrogens (tertiary/aromatic N) is 1. The molecule has 2 rings (SSSR count). The lowest BCUT2D eigenvalue weighted by molar-refractivity contribution is -0.115. The summed E-state index contributed by atoms with van der Waals surface area (Å²) in [5.41, 5.74) is 5.54. The van der Waals surface area contributed by atoms with Crippen LogP contribution in [0.3, 0.4) is 0 Å². The van der Waals surface area contributed by atoms with E-state index in [1.54, 1.807) is 6.20 Å². The Bertz CT molecular complexity index is 610. The molecular formula is C19H24N2O. The van der Waals surface area contributed by atoms with Crippen LogP contribution in [0.4, 0.5) is 5.69 Å². The molecule has 2 aromatic rings. The number of hydrogen-bond donors (Lipinski definition) is 1. The summed E-state index contributed by atoms with van der Waals surface area (Å²) < 4.78 is 0.